The van der Waals surface area contributed by atoms with Crippen molar-refractivity contribution in [3.8, 4) is 5.75 Å². The molecule has 0 spiro atoms. The molecule has 0 aliphatic rings. The second-order valence-electron chi connectivity index (χ2n) is 4.77. The predicted octanol–water partition coefficient (Wildman–Crippen LogP) is 1.87. The van der Waals surface area contributed by atoms with Crippen LogP contribution in [0, 0.1) is 0 Å². The van der Waals surface area contributed by atoms with E-state index in [-0.39, 0.29) is 11.7 Å². The van der Waals surface area contributed by atoms with E-state index in [1.54, 1.807) is 24.3 Å². The summed E-state index contributed by atoms with van der Waals surface area (Å²) in [5.74, 6) is -0.0379. The van der Waals surface area contributed by atoms with Gasteiger partial charge in [-0.05, 0) is 26.8 Å². The Morgan fingerprint density at radius 3 is 2.33 bits per heavy atom. The van der Waals surface area contributed by atoms with Gasteiger partial charge in [-0.1, -0.05) is 18.2 Å². The number of carbonyl (C=O) groups is 1. The monoisotopic (exact) mass is 313 g/mol. The SMILES string of the molecule is CCN(CC)C(=O)C(C)S(=O)(=O)Cc1ccccc1OC. The zero-order valence-electron chi connectivity index (χ0n) is 13.0. The molecule has 21 heavy (non-hydrogen) atoms. The maximum absolute atomic E-state index is 12.4. The molecule has 0 saturated heterocycles. The molecule has 0 aromatic heterocycles. The first-order valence-corrected chi connectivity index (χ1v) is 8.71. The van der Waals surface area contributed by atoms with E-state index in [1.807, 2.05) is 13.8 Å². The zero-order chi connectivity index (χ0) is 16.0. The van der Waals surface area contributed by atoms with E-state index < -0.39 is 15.1 Å². The van der Waals surface area contributed by atoms with Gasteiger partial charge in [0.15, 0.2) is 9.84 Å². The lowest BCUT2D eigenvalue weighted by molar-refractivity contribution is -0.130. The molecule has 0 aliphatic heterocycles. The molecular weight excluding hydrogens is 290 g/mol. The van der Waals surface area contributed by atoms with Crippen molar-refractivity contribution in [2.45, 2.75) is 31.8 Å². The normalized spacial score (nSPS) is 12.8. The lowest BCUT2D eigenvalue weighted by Gasteiger charge is -2.23. The Labute approximate surface area is 126 Å². The first kappa shape index (κ1) is 17.5. The number of sulfone groups is 1. The van der Waals surface area contributed by atoms with Crippen molar-refractivity contribution in [1.29, 1.82) is 0 Å². The van der Waals surface area contributed by atoms with Gasteiger partial charge in [0.2, 0.25) is 5.91 Å². The average Bonchev–Trinajstić information content (AvgIpc) is 2.47. The highest BCUT2D eigenvalue weighted by Gasteiger charge is 2.31. The molecule has 0 heterocycles. The van der Waals surface area contributed by atoms with Crippen LogP contribution in [0.5, 0.6) is 5.75 Å². The second kappa shape index (κ2) is 7.45. The molecular formula is C15H23NO4S. The molecule has 1 aromatic rings. The molecule has 0 aliphatic carbocycles. The molecule has 1 aromatic carbocycles. The molecule has 0 N–H and O–H groups in total. The molecule has 0 saturated carbocycles. The molecule has 1 atom stereocenters. The predicted molar refractivity (Wildman–Crippen MR) is 83.0 cm³/mol. The number of hydrogen-bond acceptors (Lipinski definition) is 4. The zero-order valence-corrected chi connectivity index (χ0v) is 13.8. The van der Waals surface area contributed by atoms with E-state index in [0.29, 0.717) is 24.4 Å². The Balaban J connectivity index is 2.98. The summed E-state index contributed by atoms with van der Waals surface area (Å²) in [5, 5.41) is -1.05. The van der Waals surface area contributed by atoms with Crippen LogP contribution in [0.2, 0.25) is 0 Å². The van der Waals surface area contributed by atoms with Crippen molar-refractivity contribution in [2.24, 2.45) is 0 Å². The van der Waals surface area contributed by atoms with Crippen LogP contribution in [-0.2, 0) is 20.4 Å². The number of methoxy groups -OCH3 is 1. The summed E-state index contributed by atoms with van der Waals surface area (Å²) < 4.78 is 30.0. The van der Waals surface area contributed by atoms with Gasteiger partial charge in [-0.15, -0.1) is 0 Å². The summed E-state index contributed by atoms with van der Waals surface area (Å²) in [7, 11) is -2.09. The van der Waals surface area contributed by atoms with Crippen LogP contribution >= 0.6 is 0 Å². The highest BCUT2D eigenvalue weighted by molar-refractivity contribution is 7.92. The van der Waals surface area contributed by atoms with Gasteiger partial charge in [0, 0.05) is 18.7 Å². The van der Waals surface area contributed by atoms with E-state index in [4.69, 9.17) is 4.74 Å². The van der Waals surface area contributed by atoms with E-state index in [0.717, 1.165) is 0 Å². The van der Waals surface area contributed by atoms with Crippen LogP contribution in [0.3, 0.4) is 0 Å². The standard InChI is InChI=1S/C15H23NO4S/c1-5-16(6-2)15(17)12(3)21(18,19)11-13-9-7-8-10-14(13)20-4/h7-10,12H,5-6,11H2,1-4H3. The maximum Gasteiger partial charge on any atom is 0.240 e. The van der Waals surface area contributed by atoms with Crippen LogP contribution in [0.25, 0.3) is 0 Å². The lowest BCUT2D eigenvalue weighted by Crippen LogP contribution is -2.41. The minimum Gasteiger partial charge on any atom is -0.496 e. The van der Waals surface area contributed by atoms with E-state index in [9.17, 15) is 13.2 Å². The quantitative estimate of drug-likeness (QED) is 0.771. The minimum atomic E-state index is -3.58. The summed E-state index contributed by atoms with van der Waals surface area (Å²) in [5.41, 5.74) is 0.569. The maximum atomic E-state index is 12.4. The van der Waals surface area contributed by atoms with Crippen LogP contribution < -0.4 is 4.74 Å². The number of hydrogen-bond donors (Lipinski definition) is 0. The van der Waals surface area contributed by atoms with E-state index in [1.165, 1.54) is 18.9 Å². The summed E-state index contributed by atoms with van der Waals surface area (Å²) in [4.78, 5) is 13.7. The Hall–Kier alpha value is -1.56. The molecule has 1 unspecified atom stereocenters. The number of para-hydroxylation sites is 1. The van der Waals surface area contributed by atoms with Crippen molar-refractivity contribution in [2.75, 3.05) is 20.2 Å². The van der Waals surface area contributed by atoms with Crippen molar-refractivity contribution in [3.63, 3.8) is 0 Å². The third-order valence-electron chi connectivity index (χ3n) is 3.51. The van der Waals surface area contributed by atoms with Gasteiger partial charge in [0.05, 0.1) is 12.9 Å². The third kappa shape index (κ3) is 4.20. The summed E-state index contributed by atoms with van der Waals surface area (Å²) in [6, 6.07) is 6.94. The fraction of sp³-hybridized carbons (Fsp3) is 0.533. The molecule has 0 bridgehead atoms. The first-order valence-electron chi connectivity index (χ1n) is 6.99. The molecule has 118 valence electrons. The van der Waals surface area contributed by atoms with Gasteiger partial charge in [0.25, 0.3) is 0 Å². The number of benzene rings is 1. The Morgan fingerprint density at radius 1 is 1.24 bits per heavy atom. The molecule has 6 heteroatoms. The molecule has 0 fully saturated rings. The van der Waals surface area contributed by atoms with Gasteiger partial charge in [-0.25, -0.2) is 8.42 Å². The number of amides is 1. The first-order chi connectivity index (χ1) is 9.87. The smallest absolute Gasteiger partial charge is 0.240 e. The molecule has 5 nitrogen and oxygen atoms in total. The highest BCUT2D eigenvalue weighted by atomic mass is 32.2. The summed E-state index contributed by atoms with van der Waals surface area (Å²) >= 11 is 0. The van der Waals surface area contributed by atoms with Crippen molar-refractivity contribution < 1.29 is 17.9 Å². The lowest BCUT2D eigenvalue weighted by atomic mass is 10.2. The van der Waals surface area contributed by atoms with Gasteiger partial charge < -0.3 is 9.64 Å². The Morgan fingerprint density at radius 2 is 1.81 bits per heavy atom. The minimum absolute atomic E-state index is 0.203. The van der Waals surface area contributed by atoms with Crippen LogP contribution in [0.1, 0.15) is 26.3 Å². The van der Waals surface area contributed by atoms with Gasteiger partial charge in [-0.3, -0.25) is 4.79 Å². The van der Waals surface area contributed by atoms with Gasteiger partial charge >= 0.3 is 0 Å². The number of carbonyl (C=O) groups excluding carboxylic acids is 1. The Kier molecular flexibility index (Phi) is 6.20. The van der Waals surface area contributed by atoms with Crippen LogP contribution in [0.4, 0.5) is 0 Å². The molecule has 1 amide bonds. The van der Waals surface area contributed by atoms with E-state index >= 15 is 0 Å². The fourth-order valence-electron chi connectivity index (χ4n) is 2.11. The highest BCUT2D eigenvalue weighted by Crippen LogP contribution is 2.22. The number of nitrogens with zero attached hydrogens (tertiary/aromatic N) is 1. The van der Waals surface area contributed by atoms with Gasteiger partial charge in [-0.2, -0.15) is 0 Å². The molecule has 0 radical (unpaired) electrons. The van der Waals surface area contributed by atoms with Crippen LogP contribution in [-0.4, -0.2) is 44.7 Å². The van der Waals surface area contributed by atoms with Crippen molar-refractivity contribution in [3.05, 3.63) is 29.8 Å². The summed E-state index contributed by atoms with van der Waals surface area (Å²) in [6.45, 7) is 6.13. The average molecular weight is 313 g/mol. The van der Waals surface area contributed by atoms with Crippen LogP contribution in [0.15, 0.2) is 24.3 Å². The summed E-state index contributed by atoms with van der Waals surface area (Å²) in [6.07, 6.45) is 0. The second-order valence-corrected chi connectivity index (χ2v) is 7.09. The third-order valence-corrected chi connectivity index (χ3v) is 5.50. The van der Waals surface area contributed by atoms with Crippen molar-refractivity contribution >= 4 is 15.7 Å². The topological polar surface area (TPSA) is 63.7 Å². The largest absolute Gasteiger partial charge is 0.496 e. The van der Waals surface area contributed by atoms with Crippen molar-refractivity contribution in [1.82, 2.24) is 4.90 Å². The Bertz CT molecular complexity index is 579. The van der Waals surface area contributed by atoms with Gasteiger partial charge in [0.1, 0.15) is 11.0 Å². The number of ether oxygens (including phenoxy) is 1. The fourth-order valence-corrected chi connectivity index (χ4v) is 3.49. The molecule has 1 rings (SSSR count). The van der Waals surface area contributed by atoms with E-state index in [2.05, 4.69) is 0 Å². The number of rotatable bonds is 7.